The molecule has 0 aromatic carbocycles. The predicted octanol–water partition coefficient (Wildman–Crippen LogP) is 2.64. The third-order valence-electron chi connectivity index (χ3n) is 2.39. The van der Waals surface area contributed by atoms with Crippen LogP contribution in [0, 0.1) is 5.92 Å². The van der Waals surface area contributed by atoms with Crippen molar-refractivity contribution in [2.75, 3.05) is 13.1 Å². The highest BCUT2D eigenvalue weighted by Crippen LogP contribution is 2.03. The normalized spacial score (nSPS) is 12.7. The summed E-state index contributed by atoms with van der Waals surface area (Å²) in [7, 11) is 0. The first-order valence-electron chi connectivity index (χ1n) is 5.57. The summed E-state index contributed by atoms with van der Waals surface area (Å²) in [5, 5.41) is 4.20. The predicted molar refractivity (Wildman–Crippen MR) is 67.6 cm³/mol. The molecule has 0 saturated heterocycles. The Labute approximate surface area is 94.1 Å². The topological polar surface area (TPSA) is 15.3 Å². The average Bonchev–Trinajstić information content (AvgIpc) is 2.15. The number of nitrogens with one attached hydrogen (secondary N) is 1. The zero-order valence-electron chi connectivity index (χ0n) is 10.1. The van der Waals surface area contributed by atoms with Gasteiger partial charge < -0.3 is 10.2 Å². The SMILES string of the molecule is CCC(C)N(CC)C(=S)NCC(C)C. The van der Waals surface area contributed by atoms with E-state index >= 15 is 0 Å². The Hall–Kier alpha value is -0.310. The van der Waals surface area contributed by atoms with Gasteiger partial charge in [-0.15, -0.1) is 0 Å². The lowest BCUT2D eigenvalue weighted by molar-refractivity contribution is 0.330. The molecule has 0 spiro atoms. The second-order valence-corrected chi connectivity index (χ2v) is 4.51. The number of rotatable bonds is 5. The van der Waals surface area contributed by atoms with Crippen LogP contribution in [0.15, 0.2) is 0 Å². The van der Waals surface area contributed by atoms with E-state index in [0.29, 0.717) is 12.0 Å². The Bertz CT molecular complexity index is 169. The summed E-state index contributed by atoms with van der Waals surface area (Å²) >= 11 is 5.35. The van der Waals surface area contributed by atoms with Gasteiger partial charge >= 0.3 is 0 Å². The van der Waals surface area contributed by atoms with Crippen LogP contribution >= 0.6 is 12.2 Å². The van der Waals surface area contributed by atoms with Crippen molar-refractivity contribution >= 4 is 17.3 Å². The minimum atomic E-state index is 0.534. The number of nitrogens with zero attached hydrogens (tertiary/aromatic N) is 1. The molecule has 0 aliphatic rings. The molecule has 1 N–H and O–H groups in total. The van der Waals surface area contributed by atoms with Gasteiger partial charge in [0.05, 0.1) is 0 Å². The molecule has 84 valence electrons. The lowest BCUT2D eigenvalue weighted by Gasteiger charge is -2.30. The summed E-state index contributed by atoms with van der Waals surface area (Å²) in [4.78, 5) is 2.25. The molecule has 0 saturated carbocycles. The molecule has 0 rings (SSSR count). The maximum atomic E-state index is 5.35. The molecule has 0 fully saturated rings. The van der Waals surface area contributed by atoms with Crippen LogP contribution in [0.4, 0.5) is 0 Å². The Morgan fingerprint density at radius 1 is 1.29 bits per heavy atom. The van der Waals surface area contributed by atoms with Gasteiger partial charge in [0.15, 0.2) is 5.11 Å². The van der Waals surface area contributed by atoms with Gasteiger partial charge in [-0.3, -0.25) is 0 Å². The number of hydrogen-bond acceptors (Lipinski definition) is 1. The van der Waals surface area contributed by atoms with Crippen LogP contribution in [0.5, 0.6) is 0 Å². The highest BCUT2D eigenvalue weighted by molar-refractivity contribution is 7.80. The first kappa shape index (κ1) is 13.7. The molecule has 2 nitrogen and oxygen atoms in total. The standard InChI is InChI=1S/C11H24N2S/c1-6-10(5)13(7-2)11(14)12-8-9(3)4/h9-10H,6-8H2,1-5H3,(H,12,14). The molecule has 0 aromatic heterocycles. The Kier molecular flexibility index (Phi) is 6.89. The Morgan fingerprint density at radius 3 is 2.21 bits per heavy atom. The highest BCUT2D eigenvalue weighted by Gasteiger charge is 2.12. The van der Waals surface area contributed by atoms with Crippen LogP contribution in [0.1, 0.15) is 41.0 Å². The van der Waals surface area contributed by atoms with Crippen molar-refractivity contribution in [2.24, 2.45) is 5.92 Å². The lowest BCUT2D eigenvalue weighted by Crippen LogP contribution is -2.45. The van der Waals surface area contributed by atoms with Gasteiger partial charge in [0, 0.05) is 19.1 Å². The maximum absolute atomic E-state index is 5.35. The van der Waals surface area contributed by atoms with Crippen LogP contribution in [-0.2, 0) is 0 Å². The van der Waals surface area contributed by atoms with Crippen molar-refractivity contribution in [1.82, 2.24) is 10.2 Å². The fraction of sp³-hybridized carbons (Fsp3) is 0.909. The molecule has 0 aliphatic heterocycles. The van der Waals surface area contributed by atoms with Crippen molar-refractivity contribution in [3.63, 3.8) is 0 Å². The van der Waals surface area contributed by atoms with Gasteiger partial charge in [-0.05, 0) is 38.4 Å². The van der Waals surface area contributed by atoms with Gasteiger partial charge in [-0.2, -0.15) is 0 Å². The monoisotopic (exact) mass is 216 g/mol. The molecular formula is C11H24N2S. The fourth-order valence-electron chi connectivity index (χ4n) is 1.27. The summed E-state index contributed by atoms with van der Waals surface area (Å²) < 4.78 is 0. The molecule has 1 atom stereocenters. The van der Waals surface area contributed by atoms with Crippen LogP contribution in [0.2, 0.25) is 0 Å². The average molecular weight is 216 g/mol. The van der Waals surface area contributed by atoms with Crippen LogP contribution in [0.25, 0.3) is 0 Å². The maximum Gasteiger partial charge on any atom is 0.169 e. The second-order valence-electron chi connectivity index (χ2n) is 4.12. The van der Waals surface area contributed by atoms with Gasteiger partial charge in [-0.1, -0.05) is 20.8 Å². The van der Waals surface area contributed by atoms with E-state index < -0.39 is 0 Å². The zero-order valence-corrected chi connectivity index (χ0v) is 10.9. The van der Waals surface area contributed by atoms with E-state index in [9.17, 15) is 0 Å². The van der Waals surface area contributed by atoms with E-state index in [1.165, 1.54) is 0 Å². The number of hydrogen-bond donors (Lipinski definition) is 1. The molecule has 3 heteroatoms. The Balaban J connectivity index is 4.04. The summed E-state index contributed by atoms with van der Waals surface area (Å²) in [5.41, 5.74) is 0. The molecule has 0 aliphatic carbocycles. The summed E-state index contributed by atoms with van der Waals surface area (Å²) in [5.74, 6) is 0.642. The van der Waals surface area contributed by atoms with Gasteiger partial charge in [-0.25, -0.2) is 0 Å². The molecule has 14 heavy (non-hydrogen) atoms. The van der Waals surface area contributed by atoms with E-state index in [0.717, 1.165) is 24.6 Å². The minimum Gasteiger partial charge on any atom is -0.362 e. The van der Waals surface area contributed by atoms with Crippen LogP contribution in [-0.4, -0.2) is 29.1 Å². The number of thiocarbonyl (C=S) groups is 1. The van der Waals surface area contributed by atoms with E-state index in [1.807, 2.05) is 0 Å². The van der Waals surface area contributed by atoms with E-state index in [2.05, 4.69) is 44.8 Å². The van der Waals surface area contributed by atoms with E-state index in [-0.39, 0.29) is 0 Å². The van der Waals surface area contributed by atoms with Gasteiger partial charge in [0.2, 0.25) is 0 Å². The molecule has 0 aromatic rings. The largest absolute Gasteiger partial charge is 0.362 e. The Morgan fingerprint density at radius 2 is 1.86 bits per heavy atom. The van der Waals surface area contributed by atoms with Crippen LogP contribution in [0.3, 0.4) is 0 Å². The van der Waals surface area contributed by atoms with Gasteiger partial charge in [0.25, 0.3) is 0 Å². The fourth-order valence-corrected chi connectivity index (χ4v) is 1.66. The first-order chi connectivity index (χ1) is 6.52. The lowest BCUT2D eigenvalue weighted by atomic mass is 10.2. The van der Waals surface area contributed by atoms with Crippen molar-refractivity contribution in [2.45, 2.75) is 47.1 Å². The molecule has 0 amide bonds. The van der Waals surface area contributed by atoms with Crippen molar-refractivity contribution in [1.29, 1.82) is 0 Å². The van der Waals surface area contributed by atoms with E-state index in [4.69, 9.17) is 12.2 Å². The summed E-state index contributed by atoms with van der Waals surface area (Å²) in [6, 6.07) is 0.534. The molecule has 0 radical (unpaired) electrons. The highest BCUT2D eigenvalue weighted by atomic mass is 32.1. The van der Waals surface area contributed by atoms with Crippen molar-refractivity contribution < 1.29 is 0 Å². The first-order valence-corrected chi connectivity index (χ1v) is 5.98. The summed E-state index contributed by atoms with van der Waals surface area (Å²) in [6.45, 7) is 12.9. The minimum absolute atomic E-state index is 0.534. The molecule has 0 bridgehead atoms. The summed E-state index contributed by atoms with van der Waals surface area (Å²) in [6.07, 6.45) is 1.14. The van der Waals surface area contributed by atoms with Crippen molar-refractivity contribution in [3.05, 3.63) is 0 Å². The quantitative estimate of drug-likeness (QED) is 0.711. The smallest absolute Gasteiger partial charge is 0.169 e. The zero-order chi connectivity index (χ0) is 11.1. The molecule has 0 heterocycles. The molecular weight excluding hydrogens is 192 g/mol. The van der Waals surface area contributed by atoms with Gasteiger partial charge in [0.1, 0.15) is 0 Å². The second kappa shape index (κ2) is 7.04. The third-order valence-corrected chi connectivity index (χ3v) is 2.76. The van der Waals surface area contributed by atoms with E-state index in [1.54, 1.807) is 0 Å². The molecule has 1 unspecified atom stereocenters. The third kappa shape index (κ3) is 4.80. The van der Waals surface area contributed by atoms with Crippen LogP contribution < -0.4 is 5.32 Å². The van der Waals surface area contributed by atoms with Crippen molar-refractivity contribution in [3.8, 4) is 0 Å².